The number of carboxylic acids is 1. The van der Waals surface area contributed by atoms with Crippen LogP contribution < -0.4 is 4.74 Å². The Labute approximate surface area is 141 Å². The Balaban J connectivity index is 2.19. The van der Waals surface area contributed by atoms with Crippen LogP contribution >= 0.6 is 0 Å². The third-order valence-corrected chi connectivity index (χ3v) is 3.40. The molecule has 0 aromatic heterocycles. The molecule has 0 aliphatic carbocycles. The van der Waals surface area contributed by atoms with Gasteiger partial charge in [0, 0.05) is 6.92 Å². The van der Waals surface area contributed by atoms with Crippen LogP contribution in [0.25, 0.3) is 0 Å². The highest BCUT2D eigenvalue weighted by molar-refractivity contribution is 5.93. The summed E-state index contributed by atoms with van der Waals surface area (Å²) in [6, 6.07) is 5.56. The Hall–Kier alpha value is -2.53. The first-order valence-corrected chi connectivity index (χ1v) is 7.13. The van der Waals surface area contributed by atoms with E-state index in [1.807, 2.05) is 0 Å². The average molecular weight is 356 g/mol. The highest BCUT2D eigenvalue weighted by Crippen LogP contribution is 2.25. The fourth-order valence-corrected chi connectivity index (χ4v) is 2.20. The molecule has 1 saturated heterocycles. The Bertz CT molecular complexity index is 672. The zero-order valence-electron chi connectivity index (χ0n) is 12.9. The van der Waals surface area contributed by atoms with Crippen molar-refractivity contribution in [1.29, 1.82) is 0 Å². The molecule has 5 atom stereocenters. The summed E-state index contributed by atoms with van der Waals surface area (Å²) >= 11 is 0. The number of benzene rings is 1. The first-order chi connectivity index (χ1) is 11.7. The first-order valence-electron chi connectivity index (χ1n) is 7.13. The zero-order valence-corrected chi connectivity index (χ0v) is 12.9. The molecule has 0 saturated carbocycles. The minimum Gasteiger partial charge on any atom is -0.479 e. The monoisotopic (exact) mass is 356 g/mol. The number of carbonyl (C=O) groups excluding carboxylic acids is 2. The second-order valence-corrected chi connectivity index (χ2v) is 5.23. The van der Waals surface area contributed by atoms with E-state index in [9.17, 15) is 29.7 Å². The molecule has 2 rings (SSSR count). The van der Waals surface area contributed by atoms with Crippen molar-refractivity contribution in [1.82, 2.24) is 0 Å². The third kappa shape index (κ3) is 4.12. The SMILES string of the molecule is CC(=O)Oc1ccccc1C(=O)OC1OC(C(=O)O)C(O)C(O)C1O. The largest absolute Gasteiger partial charge is 0.479 e. The van der Waals surface area contributed by atoms with Gasteiger partial charge in [0.05, 0.1) is 0 Å². The smallest absolute Gasteiger partial charge is 0.344 e. The third-order valence-electron chi connectivity index (χ3n) is 3.40. The molecule has 10 nitrogen and oxygen atoms in total. The van der Waals surface area contributed by atoms with E-state index in [0.717, 1.165) is 6.92 Å². The number of carboxylic acid groups (broad SMARTS) is 1. The van der Waals surface area contributed by atoms with Crippen LogP contribution in [0.15, 0.2) is 24.3 Å². The Morgan fingerprint density at radius 3 is 2.28 bits per heavy atom. The lowest BCUT2D eigenvalue weighted by Crippen LogP contribution is -2.60. The van der Waals surface area contributed by atoms with Crippen LogP contribution in [-0.4, -0.2) is 69.0 Å². The molecule has 1 aliphatic rings. The number of aliphatic hydroxyl groups is 3. The summed E-state index contributed by atoms with van der Waals surface area (Å²) in [4.78, 5) is 34.3. The molecule has 0 bridgehead atoms. The summed E-state index contributed by atoms with van der Waals surface area (Å²) in [5, 5.41) is 38.0. The van der Waals surface area contributed by atoms with E-state index in [1.54, 1.807) is 0 Å². The standard InChI is InChI=1S/C15H16O10/c1-6(16)23-8-5-3-2-4-7(8)14(22)25-15-11(19)9(17)10(18)12(24-15)13(20)21/h2-5,9-12,15,17-19H,1H3,(H,20,21). The minimum atomic E-state index is -1.91. The predicted octanol–water partition coefficient (Wildman–Crippen LogP) is -1.34. The highest BCUT2D eigenvalue weighted by atomic mass is 16.7. The van der Waals surface area contributed by atoms with Gasteiger partial charge in [-0.2, -0.15) is 0 Å². The molecule has 5 unspecified atom stereocenters. The Kier molecular flexibility index (Phi) is 5.69. The van der Waals surface area contributed by atoms with Crippen molar-refractivity contribution in [2.24, 2.45) is 0 Å². The van der Waals surface area contributed by atoms with Crippen molar-refractivity contribution < 1.29 is 49.0 Å². The molecule has 0 amide bonds. The van der Waals surface area contributed by atoms with Gasteiger partial charge in [0.2, 0.25) is 6.29 Å². The molecule has 136 valence electrons. The van der Waals surface area contributed by atoms with E-state index in [-0.39, 0.29) is 11.3 Å². The molecular formula is C15H16O10. The average Bonchev–Trinajstić information content (AvgIpc) is 2.54. The van der Waals surface area contributed by atoms with Crippen LogP contribution in [0.5, 0.6) is 5.75 Å². The van der Waals surface area contributed by atoms with Crippen LogP contribution in [0, 0.1) is 0 Å². The van der Waals surface area contributed by atoms with Crippen LogP contribution in [0.1, 0.15) is 17.3 Å². The molecule has 1 heterocycles. The van der Waals surface area contributed by atoms with Crippen LogP contribution in [0.2, 0.25) is 0 Å². The molecular weight excluding hydrogens is 340 g/mol. The second-order valence-electron chi connectivity index (χ2n) is 5.23. The van der Waals surface area contributed by atoms with E-state index in [0.29, 0.717) is 0 Å². The van der Waals surface area contributed by atoms with E-state index >= 15 is 0 Å². The van der Waals surface area contributed by atoms with Gasteiger partial charge in [0.1, 0.15) is 29.6 Å². The number of carbonyl (C=O) groups is 3. The molecule has 1 aromatic rings. The fraction of sp³-hybridized carbons (Fsp3) is 0.400. The van der Waals surface area contributed by atoms with Crippen molar-refractivity contribution in [3.8, 4) is 5.75 Å². The predicted molar refractivity (Wildman–Crippen MR) is 77.5 cm³/mol. The van der Waals surface area contributed by atoms with Crippen molar-refractivity contribution >= 4 is 17.9 Å². The fourth-order valence-electron chi connectivity index (χ4n) is 2.20. The summed E-state index contributed by atoms with van der Waals surface area (Å²) in [7, 11) is 0. The number of esters is 2. The van der Waals surface area contributed by atoms with E-state index in [2.05, 4.69) is 0 Å². The molecule has 1 aromatic carbocycles. The van der Waals surface area contributed by atoms with Crippen LogP contribution in [0.3, 0.4) is 0 Å². The van der Waals surface area contributed by atoms with Crippen molar-refractivity contribution in [2.75, 3.05) is 0 Å². The first kappa shape index (κ1) is 18.8. The number of aliphatic carboxylic acids is 1. The highest BCUT2D eigenvalue weighted by Gasteiger charge is 2.48. The maximum Gasteiger partial charge on any atom is 0.344 e. The summed E-state index contributed by atoms with van der Waals surface area (Å²) in [6.07, 6.45) is -9.44. The number of ether oxygens (including phenoxy) is 3. The zero-order chi connectivity index (χ0) is 18.7. The Morgan fingerprint density at radius 2 is 1.68 bits per heavy atom. The molecule has 10 heteroatoms. The van der Waals surface area contributed by atoms with Gasteiger partial charge < -0.3 is 34.6 Å². The maximum absolute atomic E-state index is 12.2. The van der Waals surface area contributed by atoms with E-state index in [4.69, 9.17) is 19.3 Å². The summed E-state index contributed by atoms with van der Waals surface area (Å²) in [6.45, 7) is 1.13. The number of aliphatic hydroxyl groups excluding tert-OH is 3. The van der Waals surface area contributed by atoms with Gasteiger partial charge in [-0.25, -0.2) is 9.59 Å². The van der Waals surface area contributed by atoms with E-state index < -0.39 is 48.6 Å². The van der Waals surface area contributed by atoms with Crippen LogP contribution in [0.4, 0.5) is 0 Å². The molecule has 4 N–H and O–H groups in total. The van der Waals surface area contributed by atoms with Gasteiger partial charge in [0.15, 0.2) is 6.10 Å². The van der Waals surface area contributed by atoms with Gasteiger partial charge in [-0.05, 0) is 12.1 Å². The normalized spacial score (nSPS) is 28.9. The lowest BCUT2D eigenvalue weighted by atomic mass is 9.99. The number of hydrogen-bond acceptors (Lipinski definition) is 9. The molecule has 1 fully saturated rings. The van der Waals surface area contributed by atoms with Gasteiger partial charge in [0.25, 0.3) is 0 Å². The quantitative estimate of drug-likeness (QED) is 0.375. The van der Waals surface area contributed by atoms with Crippen molar-refractivity contribution in [3.63, 3.8) is 0 Å². The van der Waals surface area contributed by atoms with E-state index in [1.165, 1.54) is 24.3 Å². The number of para-hydroxylation sites is 1. The summed E-state index contributed by atoms with van der Waals surface area (Å²) < 4.78 is 14.6. The van der Waals surface area contributed by atoms with Gasteiger partial charge in [-0.1, -0.05) is 12.1 Å². The molecule has 1 aliphatic heterocycles. The summed E-state index contributed by atoms with van der Waals surface area (Å²) in [5.74, 6) is -3.49. The lowest BCUT2D eigenvalue weighted by molar-refractivity contribution is -0.278. The lowest BCUT2D eigenvalue weighted by Gasteiger charge is -2.37. The molecule has 0 spiro atoms. The number of hydrogen-bond donors (Lipinski definition) is 4. The Morgan fingerprint density at radius 1 is 1.04 bits per heavy atom. The van der Waals surface area contributed by atoms with Crippen molar-refractivity contribution in [2.45, 2.75) is 37.6 Å². The van der Waals surface area contributed by atoms with Gasteiger partial charge in [-0.15, -0.1) is 0 Å². The topological polar surface area (TPSA) is 160 Å². The number of rotatable bonds is 4. The van der Waals surface area contributed by atoms with Crippen LogP contribution in [-0.2, 0) is 19.1 Å². The van der Waals surface area contributed by atoms with Gasteiger partial charge >= 0.3 is 17.9 Å². The molecule has 0 radical (unpaired) electrons. The summed E-state index contributed by atoms with van der Waals surface area (Å²) in [5.41, 5.74) is -0.180. The van der Waals surface area contributed by atoms with Crippen molar-refractivity contribution in [3.05, 3.63) is 29.8 Å². The maximum atomic E-state index is 12.2. The van der Waals surface area contributed by atoms with Gasteiger partial charge in [-0.3, -0.25) is 4.79 Å². The minimum absolute atomic E-state index is 0.110. The second kappa shape index (κ2) is 7.57. The molecule has 25 heavy (non-hydrogen) atoms.